The van der Waals surface area contributed by atoms with Crippen molar-refractivity contribution in [3.63, 3.8) is 0 Å². The lowest BCUT2D eigenvalue weighted by Gasteiger charge is -2.39. The lowest BCUT2D eigenvalue weighted by atomic mass is 10.0. The lowest BCUT2D eigenvalue weighted by molar-refractivity contribution is -0.155. The molecule has 1 saturated heterocycles. The first-order valence-electron chi connectivity index (χ1n) is 8.69. The fourth-order valence-electron chi connectivity index (χ4n) is 3.29. The molecule has 2 aromatic rings. The molecule has 2 amide bonds. The second-order valence-electron chi connectivity index (χ2n) is 6.41. The van der Waals surface area contributed by atoms with Gasteiger partial charge in [0.2, 0.25) is 11.8 Å². The number of hydrogen-bond donors (Lipinski definition) is 0. The van der Waals surface area contributed by atoms with Crippen molar-refractivity contribution in [2.24, 2.45) is 0 Å². The third kappa shape index (κ3) is 3.86. The van der Waals surface area contributed by atoms with Crippen LogP contribution in [0.1, 0.15) is 11.3 Å². The monoisotopic (exact) mass is 369 g/mol. The standard InChI is InChI=1S/C20H23N3O4/c1-22-13-18(24)23(12-15-19(27-3)17(26-2)9-10-21-15)16(20(22)25)11-14-7-5-4-6-8-14/h4-10,16H,11-13H2,1-3H3/t16-/m0/s1. The fourth-order valence-corrected chi connectivity index (χ4v) is 3.29. The van der Waals surface area contributed by atoms with E-state index in [9.17, 15) is 9.59 Å². The van der Waals surface area contributed by atoms with E-state index in [1.54, 1.807) is 31.3 Å². The molecular formula is C20H23N3O4. The Morgan fingerprint density at radius 1 is 1.11 bits per heavy atom. The molecule has 142 valence electrons. The summed E-state index contributed by atoms with van der Waals surface area (Å²) in [6.07, 6.45) is 2.05. The van der Waals surface area contributed by atoms with E-state index in [1.165, 1.54) is 12.0 Å². The average Bonchev–Trinajstić information content (AvgIpc) is 2.69. The topological polar surface area (TPSA) is 72.0 Å². The van der Waals surface area contributed by atoms with Gasteiger partial charge >= 0.3 is 0 Å². The first-order valence-corrected chi connectivity index (χ1v) is 8.69. The van der Waals surface area contributed by atoms with Crippen LogP contribution in [-0.4, -0.2) is 60.5 Å². The molecule has 1 fully saturated rings. The van der Waals surface area contributed by atoms with Crippen LogP contribution in [0.2, 0.25) is 0 Å². The van der Waals surface area contributed by atoms with Crippen molar-refractivity contribution < 1.29 is 19.1 Å². The van der Waals surface area contributed by atoms with E-state index in [4.69, 9.17) is 9.47 Å². The van der Waals surface area contributed by atoms with Gasteiger partial charge < -0.3 is 19.3 Å². The molecule has 27 heavy (non-hydrogen) atoms. The number of pyridine rings is 1. The molecule has 1 aliphatic heterocycles. The summed E-state index contributed by atoms with van der Waals surface area (Å²) in [5.74, 6) is 0.803. The zero-order valence-electron chi connectivity index (χ0n) is 15.7. The molecule has 7 nitrogen and oxygen atoms in total. The summed E-state index contributed by atoms with van der Waals surface area (Å²) in [7, 11) is 4.73. The second-order valence-corrected chi connectivity index (χ2v) is 6.41. The molecule has 0 unspecified atom stereocenters. The lowest BCUT2D eigenvalue weighted by Crippen LogP contribution is -2.59. The molecule has 0 saturated carbocycles. The van der Waals surface area contributed by atoms with E-state index in [0.29, 0.717) is 23.6 Å². The Hall–Kier alpha value is -3.09. The minimum atomic E-state index is -0.587. The highest BCUT2D eigenvalue weighted by molar-refractivity contribution is 5.94. The second kappa shape index (κ2) is 8.07. The van der Waals surface area contributed by atoms with Gasteiger partial charge in [0.25, 0.3) is 0 Å². The summed E-state index contributed by atoms with van der Waals surface area (Å²) >= 11 is 0. The van der Waals surface area contributed by atoms with Crippen LogP contribution in [0.4, 0.5) is 0 Å². The number of carbonyl (C=O) groups is 2. The van der Waals surface area contributed by atoms with Crippen molar-refractivity contribution in [2.45, 2.75) is 19.0 Å². The molecule has 0 bridgehead atoms. The van der Waals surface area contributed by atoms with E-state index >= 15 is 0 Å². The number of aromatic nitrogens is 1. The number of benzene rings is 1. The van der Waals surface area contributed by atoms with Crippen LogP contribution >= 0.6 is 0 Å². The van der Waals surface area contributed by atoms with E-state index in [2.05, 4.69) is 4.98 Å². The number of ether oxygens (including phenoxy) is 2. The van der Waals surface area contributed by atoms with Gasteiger partial charge in [-0.2, -0.15) is 0 Å². The summed E-state index contributed by atoms with van der Waals surface area (Å²) < 4.78 is 10.7. The Morgan fingerprint density at radius 3 is 2.52 bits per heavy atom. The van der Waals surface area contributed by atoms with Crippen molar-refractivity contribution in [3.05, 3.63) is 53.9 Å². The molecule has 0 radical (unpaired) electrons. The molecule has 0 N–H and O–H groups in total. The first kappa shape index (κ1) is 18.7. The summed E-state index contributed by atoms with van der Waals surface area (Å²) in [6.45, 7) is 0.229. The van der Waals surface area contributed by atoms with Gasteiger partial charge in [-0.1, -0.05) is 30.3 Å². The van der Waals surface area contributed by atoms with Crippen molar-refractivity contribution in [3.8, 4) is 11.5 Å². The highest BCUT2D eigenvalue weighted by Gasteiger charge is 2.38. The van der Waals surface area contributed by atoms with Gasteiger partial charge in [0.1, 0.15) is 11.7 Å². The Kier molecular flexibility index (Phi) is 5.59. The number of amides is 2. The molecule has 3 rings (SSSR count). The largest absolute Gasteiger partial charge is 0.493 e. The first-order chi connectivity index (χ1) is 13.0. The average molecular weight is 369 g/mol. The van der Waals surface area contributed by atoms with E-state index in [-0.39, 0.29) is 24.9 Å². The Bertz CT molecular complexity index is 825. The molecule has 1 aromatic heterocycles. The third-order valence-electron chi connectivity index (χ3n) is 4.69. The number of hydrogen-bond acceptors (Lipinski definition) is 5. The zero-order chi connectivity index (χ0) is 19.4. The number of piperazine rings is 1. The maximum atomic E-state index is 12.8. The van der Waals surface area contributed by atoms with Crippen LogP contribution in [0, 0.1) is 0 Å². The SMILES string of the molecule is COc1ccnc(CN2C(=O)CN(C)C(=O)[C@@H]2Cc2ccccc2)c1OC. The van der Waals surface area contributed by atoms with Crippen LogP contribution in [0.25, 0.3) is 0 Å². The van der Waals surface area contributed by atoms with Crippen molar-refractivity contribution in [1.29, 1.82) is 0 Å². The van der Waals surface area contributed by atoms with Gasteiger partial charge in [0.15, 0.2) is 11.5 Å². The summed E-state index contributed by atoms with van der Waals surface area (Å²) in [4.78, 5) is 33.0. The minimum Gasteiger partial charge on any atom is -0.493 e. The number of nitrogens with zero attached hydrogens (tertiary/aromatic N) is 3. The van der Waals surface area contributed by atoms with Crippen molar-refractivity contribution >= 4 is 11.8 Å². The predicted octanol–water partition coefficient (Wildman–Crippen LogP) is 1.51. The zero-order valence-corrected chi connectivity index (χ0v) is 15.7. The molecule has 0 aliphatic carbocycles. The maximum absolute atomic E-state index is 12.8. The molecule has 0 spiro atoms. The van der Waals surface area contributed by atoms with Crippen LogP contribution in [0.15, 0.2) is 42.6 Å². The van der Waals surface area contributed by atoms with Crippen molar-refractivity contribution in [2.75, 3.05) is 27.8 Å². The smallest absolute Gasteiger partial charge is 0.245 e. The number of methoxy groups -OCH3 is 2. The van der Waals surface area contributed by atoms with Gasteiger partial charge in [-0.25, -0.2) is 0 Å². The van der Waals surface area contributed by atoms with Gasteiger partial charge in [0, 0.05) is 25.7 Å². The number of carbonyl (C=O) groups excluding carboxylic acids is 2. The number of likely N-dealkylation sites (N-methyl/N-ethyl adjacent to an activating group) is 1. The third-order valence-corrected chi connectivity index (χ3v) is 4.69. The van der Waals surface area contributed by atoms with Gasteiger partial charge in [-0.3, -0.25) is 14.6 Å². The van der Waals surface area contributed by atoms with Crippen LogP contribution in [0.3, 0.4) is 0 Å². The Labute approximate surface area is 158 Å². The highest BCUT2D eigenvalue weighted by atomic mass is 16.5. The summed E-state index contributed by atoms with van der Waals surface area (Å²) in [6, 6.07) is 10.8. The van der Waals surface area contributed by atoms with Gasteiger partial charge in [-0.05, 0) is 5.56 Å². The molecular weight excluding hydrogens is 346 g/mol. The summed E-state index contributed by atoms with van der Waals surface area (Å²) in [5, 5.41) is 0. The normalized spacial score (nSPS) is 17.2. The highest BCUT2D eigenvalue weighted by Crippen LogP contribution is 2.31. The van der Waals surface area contributed by atoms with E-state index < -0.39 is 6.04 Å². The Morgan fingerprint density at radius 2 is 1.85 bits per heavy atom. The summed E-state index contributed by atoms with van der Waals surface area (Å²) in [5.41, 5.74) is 1.55. The molecule has 1 atom stereocenters. The Balaban J connectivity index is 1.93. The number of rotatable bonds is 6. The van der Waals surface area contributed by atoms with Crippen LogP contribution in [0.5, 0.6) is 11.5 Å². The molecule has 1 aliphatic rings. The molecule has 7 heteroatoms. The van der Waals surface area contributed by atoms with Gasteiger partial charge in [0.05, 0.1) is 27.3 Å². The fraction of sp³-hybridized carbons (Fsp3) is 0.350. The quantitative estimate of drug-likeness (QED) is 0.772. The maximum Gasteiger partial charge on any atom is 0.245 e. The van der Waals surface area contributed by atoms with Crippen molar-refractivity contribution in [1.82, 2.24) is 14.8 Å². The van der Waals surface area contributed by atoms with E-state index in [1.807, 2.05) is 30.3 Å². The predicted molar refractivity (Wildman–Crippen MR) is 99.5 cm³/mol. The van der Waals surface area contributed by atoms with Crippen LogP contribution < -0.4 is 9.47 Å². The minimum absolute atomic E-state index is 0.0520. The molecule has 2 heterocycles. The van der Waals surface area contributed by atoms with Gasteiger partial charge in [-0.15, -0.1) is 0 Å². The van der Waals surface area contributed by atoms with E-state index in [0.717, 1.165) is 5.56 Å². The molecule has 1 aromatic carbocycles. The van der Waals surface area contributed by atoms with Crippen LogP contribution in [-0.2, 0) is 22.6 Å².